The van der Waals surface area contributed by atoms with E-state index in [4.69, 9.17) is 4.42 Å². The Balaban J connectivity index is 1.72. The van der Waals surface area contributed by atoms with Gasteiger partial charge in [-0.3, -0.25) is 4.79 Å². The Morgan fingerprint density at radius 2 is 1.68 bits per heavy atom. The van der Waals surface area contributed by atoms with Gasteiger partial charge in [0.15, 0.2) is 5.76 Å². The van der Waals surface area contributed by atoms with Gasteiger partial charge in [0.1, 0.15) is 0 Å². The smallest absolute Gasteiger partial charge is 0.307 e. The Bertz CT molecular complexity index is 751. The van der Waals surface area contributed by atoms with Crippen LogP contribution in [0.15, 0.2) is 71.3 Å². The Morgan fingerprint density at radius 1 is 1.05 bits per heavy atom. The molecule has 110 valence electrons. The van der Waals surface area contributed by atoms with Crippen molar-refractivity contribution < 1.29 is 9.21 Å². The maximum absolute atomic E-state index is 12.2. The summed E-state index contributed by atoms with van der Waals surface area (Å²) in [6.07, 6.45) is 1.57. The fourth-order valence-electron chi connectivity index (χ4n) is 2.20. The zero-order valence-electron chi connectivity index (χ0n) is 12.2. The molecule has 0 bridgehead atoms. The number of carbonyl (C=O) groups is 1. The fraction of sp³-hybridized carbons (Fsp3) is 0.111. The summed E-state index contributed by atoms with van der Waals surface area (Å²) in [5.41, 5.74) is 1.93. The Morgan fingerprint density at radius 3 is 2.36 bits per heavy atom. The second-order valence-electron chi connectivity index (χ2n) is 5.00. The lowest BCUT2D eigenvalue weighted by Crippen LogP contribution is -2.26. The number of benzene rings is 2. The van der Waals surface area contributed by atoms with Gasteiger partial charge in [0.05, 0.1) is 12.2 Å². The summed E-state index contributed by atoms with van der Waals surface area (Å²) in [6, 6.07) is 19.2. The Hall–Kier alpha value is -2.88. The van der Waals surface area contributed by atoms with Crippen LogP contribution in [-0.2, 0) is 0 Å². The number of hydrogen-bond donors (Lipinski definition) is 1. The Kier molecular flexibility index (Phi) is 4.01. The predicted molar refractivity (Wildman–Crippen MR) is 84.3 cm³/mol. The molecule has 3 rings (SSSR count). The fourth-order valence-corrected chi connectivity index (χ4v) is 2.20. The maximum atomic E-state index is 12.2. The molecule has 0 spiro atoms. The summed E-state index contributed by atoms with van der Waals surface area (Å²) in [5, 5.41) is 2.88. The molecule has 0 saturated carbocycles. The van der Waals surface area contributed by atoms with E-state index in [2.05, 4.69) is 10.3 Å². The van der Waals surface area contributed by atoms with Crippen LogP contribution in [0.1, 0.15) is 29.2 Å². The molecule has 0 aliphatic rings. The van der Waals surface area contributed by atoms with Crippen molar-refractivity contribution in [1.29, 1.82) is 0 Å². The van der Waals surface area contributed by atoms with E-state index in [0.717, 1.165) is 11.1 Å². The summed E-state index contributed by atoms with van der Waals surface area (Å²) >= 11 is 0. The van der Waals surface area contributed by atoms with Gasteiger partial charge in [-0.1, -0.05) is 60.7 Å². The minimum Gasteiger partial charge on any atom is -0.432 e. The van der Waals surface area contributed by atoms with Crippen LogP contribution in [0.25, 0.3) is 11.3 Å². The van der Waals surface area contributed by atoms with Gasteiger partial charge in [0, 0.05) is 5.56 Å². The first-order chi connectivity index (χ1) is 10.7. The third-order valence-electron chi connectivity index (χ3n) is 3.41. The van der Waals surface area contributed by atoms with E-state index in [1.165, 1.54) is 0 Å². The quantitative estimate of drug-likeness (QED) is 0.795. The molecule has 1 N–H and O–H groups in total. The summed E-state index contributed by atoms with van der Waals surface area (Å²) in [5.74, 6) is 0.332. The van der Waals surface area contributed by atoms with Crippen molar-refractivity contribution in [3.63, 3.8) is 0 Å². The molecule has 0 fully saturated rings. The van der Waals surface area contributed by atoms with E-state index >= 15 is 0 Å². The van der Waals surface area contributed by atoms with Crippen molar-refractivity contribution in [3.05, 3.63) is 78.3 Å². The number of carbonyl (C=O) groups excluding carboxylic acids is 1. The lowest BCUT2D eigenvalue weighted by atomic mass is 10.1. The molecule has 0 saturated heterocycles. The van der Waals surface area contributed by atoms with Crippen LogP contribution in [0, 0.1) is 0 Å². The molecule has 3 aromatic rings. The van der Waals surface area contributed by atoms with Crippen LogP contribution in [0.5, 0.6) is 0 Å². The van der Waals surface area contributed by atoms with E-state index in [1.54, 1.807) is 6.20 Å². The van der Waals surface area contributed by atoms with Gasteiger partial charge >= 0.3 is 5.91 Å². The van der Waals surface area contributed by atoms with Crippen molar-refractivity contribution in [2.45, 2.75) is 13.0 Å². The second-order valence-corrected chi connectivity index (χ2v) is 5.00. The highest BCUT2D eigenvalue weighted by Gasteiger charge is 2.17. The Labute approximate surface area is 128 Å². The molecule has 1 amide bonds. The lowest BCUT2D eigenvalue weighted by molar-refractivity contribution is 0.0905. The van der Waals surface area contributed by atoms with Gasteiger partial charge < -0.3 is 9.73 Å². The van der Waals surface area contributed by atoms with E-state index in [9.17, 15) is 4.79 Å². The monoisotopic (exact) mass is 292 g/mol. The van der Waals surface area contributed by atoms with Crippen LogP contribution in [0.4, 0.5) is 0 Å². The zero-order chi connectivity index (χ0) is 15.4. The molecule has 1 aromatic heterocycles. The molecule has 2 aromatic carbocycles. The number of hydrogen-bond acceptors (Lipinski definition) is 3. The van der Waals surface area contributed by atoms with Crippen molar-refractivity contribution in [2.24, 2.45) is 0 Å². The summed E-state index contributed by atoms with van der Waals surface area (Å²) in [4.78, 5) is 16.3. The molecule has 0 unspecified atom stereocenters. The SMILES string of the molecule is C[C@H](NC(=O)c1ncc(-c2ccccc2)o1)c1ccccc1. The standard InChI is InChI=1S/C18H16N2O2/c1-13(14-8-4-2-5-9-14)20-17(21)18-19-12-16(22-18)15-10-6-3-7-11-15/h2-13H,1H3,(H,20,21)/t13-/m0/s1. The van der Waals surface area contributed by atoms with Crippen LogP contribution >= 0.6 is 0 Å². The average Bonchev–Trinajstić information content (AvgIpc) is 3.06. The molecule has 1 atom stereocenters. The highest BCUT2D eigenvalue weighted by Crippen LogP contribution is 2.20. The maximum Gasteiger partial charge on any atom is 0.307 e. The van der Waals surface area contributed by atoms with Gasteiger partial charge in [-0.15, -0.1) is 0 Å². The van der Waals surface area contributed by atoms with Gasteiger partial charge in [-0.2, -0.15) is 0 Å². The van der Waals surface area contributed by atoms with E-state index in [-0.39, 0.29) is 17.8 Å². The van der Waals surface area contributed by atoms with Crippen molar-refractivity contribution in [1.82, 2.24) is 10.3 Å². The second kappa shape index (κ2) is 6.26. The topological polar surface area (TPSA) is 55.1 Å². The third-order valence-corrected chi connectivity index (χ3v) is 3.41. The van der Waals surface area contributed by atoms with Gasteiger partial charge in [0.2, 0.25) is 0 Å². The number of nitrogens with one attached hydrogen (secondary N) is 1. The number of rotatable bonds is 4. The highest BCUT2D eigenvalue weighted by atomic mass is 16.4. The lowest BCUT2D eigenvalue weighted by Gasteiger charge is -2.12. The van der Waals surface area contributed by atoms with Crippen LogP contribution in [0.2, 0.25) is 0 Å². The van der Waals surface area contributed by atoms with Gasteiger partial charge in [-0.05, 0) is 12.5 Å². The number of nitrogens with zero attached hydrogens (tertiary/aromatic N) is 1. The van der Waals surface area contributed by atoms with E-state index in [0.29, 0.717) is 5.76 Å². The summed E-state index contributed by atoms with van der Waals surface area (Å²) in [7, 11) is 0. The minimum atomic E-state index is -0.321. The van der Waals surface area contributed by atoms with Crippen LogP contribution in [0.3, 0.4) is 0 Å². The molecule has 0 aliphatic carbocycles. The molecule has 4 heteroatoms. The number of aromatic nitrogens is 1. The van der Waals surface area contributed by atoms with E-state index in [1.807, 2.05) is 67.6 Å². The minimum absolute atomic E-state index is 0.0710. The molecular weight excluding hydrogens is 276 g/mol. The molecule has 1 heterocycles. The van der Waals surface area contributed by atoms with Crippen LogP contribution in [-0.4, -0.2) is 10.9 Å². The first-order valence-electron chi connectivity index (χ1n) is 7.11. The largest absolute Gasteiger partial charge is 0.432 e. The summed E-state index contributed by atoms with van der Waals surface area (Å²) in [6.45, 7) is 1.92. The van der Waals surface area contributed by atoms with E-state index < -0.39 is 0 Å². The first-order valence-corrected chi connectivity index (χ1v) is 7.11. The highest BCUT2D eigenvalue weighted by molar-refractivity contribution is 5.90. The molecular formula is C18H16N2O2. The van der Waals surface area contributed by atoms with Crippen molar-refractivity contribution in [2.75, 3.05) is 0 Å². The molecule has 0 aliphatic heterocycles. The molecule has 22 heavy (non-hydrogen) atoms. The van der Waals surface area contributed by atoms with Crippen molar-refractivity contribution >= 4 is 5.91 Å². The van der Waals surface area contributed by atoms with Gasteiger partial charge in [0.25, 0.3) is 5.89 Å². The number of amides is 1. The molecule has 0 radical (unpaired) electrons. The number of oxazole rings is 1. The van der Waals surface area contributed by atoms with Crippen molar-refractivity contribution in [3.8, 4) is 11.3 Å². The van der Waals surface area contributed by atoms with Gasteiger partial charge in [-0.25, -0.2) is 4.98 Å². The first kappa shape index (κ1) is 14.1. The third kappa shape index (κ3) is 3.06. The van der Waals surface area contributed by atoms with Crippen LogP contribution < -0.4 is 5.32 Å². The zero-order valence-corrected chi connectivity index (χ0v) is 12.2. The normalized spacial score (nSPS) is 11.9. The molecule has 4 nitrogen and oxygen atoms in total. The predicted octanol–water partition coefficient (Wildman–Crippen LogP) is 3.83. The average molecular weight is 292 g/mol. The summed E-state index contributed by atoms with van der Waals surface area (Å²) < 4.78 is 5.55.